The molecule has 0 aromatic carbocycles. The molecule has 0 bridgehead atoms. The van der Waals surface area contributed by atoms with E-state index < -0.39 is 5.97 Å². The Morgan fingerprint density at radius 2 is 1.91 bits per heavy atom. The molecule has 11 heavy (non-hydrogen) atoms. The fraction of sp³-hybridized carbons (Fsp3) is 0.571. The normalized spacial score (nSPS) is 6.45. The molecule has 0 saturated carbocycles. The fourth-order valence-corrected chi connectivity index (χ4v) is 0.328. The highest BCUT2D eigenvalue weighted by molar-refractivity contribution is 5.66. The van der Waals surface area contributed by atoms with Crippen LogP contribution in [-0.4, -0.2) is 11.1 Å². The molecule has 0 rings (SSSR count). The van der Waals surface area contributed by atoms with Crippen molar-refractivity contribution in [3.05, 3.63) is 0 Å². The van der Waals surface area contributed by atoms with E-state index in [2.05, 4.69) is 0 Å². The summed E-state index contributed by atoms with van der Waals surface area (Å²) in [6.45, 7) is 1.98. The van der Waals surface area contributed by atoms with Crippen molar-refractivity contribution in [2.24, 2.45) is 0 Å². The minimum Gasteiger partial charge on any atom is -0.481 e. The first-order chi connectivity index (χ1) is 5.18. The molecule has 1 N–H and O–H groups in total. The Kier molecular flexibility index (Phi) is 12.5. The lowest BCUT2D eigenvalue weighted by Gasteiger charge is -1.85. The Hall–Kier alpha value is -1.55. The zero-order valence-corrected chi connectivity index (χ0v) is 6.37. The largest absolute Gasteiger partial charge is 0.481 e. The van der Waals surface area contributed by atoms with Gasteiger partial charge in [0.05, 0.1) is 0 Å². The summed E-state index contributed by atoms with van der Waals surface area (Å²) in [4.78, 5) is 9.76. The van der Waals surface area contributed by atoms with Gasteiger partial charge >= 0.3 is 5.97 Å². The lowest BCUT2D eigenvalue weighted by Crippen LogP contribution is -1.91. The summed E-state index contributed by atoms with van der Waals surface area (Å²) in [5.74, 6) is -0.693. The number of hydrogen-bond acceptors (Lipinski definition) is 3. The third-order valence-electron chi connectivity index (χ3n) is 0.794. The zero-order chi connectivity index (χ0) is 9.11. The van der Waals surface area contributed by atoms with Gasteiger partial charge in [0.25, 0.3) is 0 Å². The van der Waals surface area contributed by atoms with Gasteiger partial charge in [0.15, 0.2) is 12.1 Å². The van der Waals surface area contributed by atoms with Crippen LogP contribution in [0.4, 0.5) is 0 Å². The van der Waals surface area contributed by atoms with Crippen LogP contribution >= 0.6 is 0 Å². The maximum Gasteiger partial charge on any atom is 0.303 e. The lowest BCUT2D eigenvalue weighted by atomic mass is 10.3. The van der Waals surface area contributed by atoms with E-state index >= 15 is 0 Å². The first kappa shape index (κ1) is 12.2. The van der Waals surface area contributed by atoms with Crippen LogP contribution in [0, 0.1) is 22.7 Å². The van der Waals surface area contributed by atoms with Gasteiger partial charge in [-0.3, -0.25) is 4.79 Å². The molecular formula is C7H10N2O2. The number of nitriles is 2. The zero-order valence-electron chi connectivity index (χ0n) is 6.37. The number of hydrogen-bond donors (Lipinski definition) is 1. The first-order valence-electron chi connectivity index (χ1n) is 3.19. The van der Waals surface area contributed by atoms with Crippen LogP contribution in [0.3, 0.4) is 0 Å². The summed E-state index contributed by atoms with van der Waals surface area (Å²) in [6, 6.07) is 2.47. The van der Waals surface area contributed by atoms with Crippen LogP contribution in [0.25, 0.3) is 0 Å². The third kappa shape index (κ3) is 29.5. The lowest BCUT2D eigenvalue weighted by molar-refractivity contribution is -0.137. The number of rotatable bonds is 3. The molecule has 0 atom stereocenters. The Balaban J connectivity index is 0. The Morgan fingerprint density at radius 1 is 1.45 bits per heavy atom. The van der Waals surface area contributed by atoms with Gasteiger partial charge in [-0.05, 0) is 6.42 Å². The van der Waals surface area contributed by atoms with E-state index in [0.717, 1.165) is 12.8 Å². The van der Waals surface area contributed by atoms with Crippen LogP contribution in [0.15, 0.2) is 0 Å². The van der Waals surface area contributed by atoms with E-state index in [1.54, 1.807) is 0 Å². The average molecular weight is 154 g/mol. The van der Waals surface area contributed by atoms with Crippen molar-refractivity contribution >= 4 is 5.97 Å². The van der Waals surface area contributed by atoms with Crippen molar-refractivity contribution in [1.29, 1.82) is 10.5 Å². The molecule has 60 valence electrons. The molecule has 4 nitrogen and oxygen atoms in total. The van der Waals surface area contributed by atoms with Gasteiger partial charge in [0.1, 0.15) is 0 Å². The molecule has 0 aromatic rings. The number of carboxylic acid groups (broad SMARTS) is 1. The van der Waals surface area contributed by atoms with Crippen LogP contribution < -0.4 is 0 Å². The van der Waals surface area contributed by atoms with Gasteiger partial charge in [-0.15, -0.1) is 0 Å². The predicted molar refractivity (Wildman–Crippen MR) is 38.4 cm³/mol. The number of aliphatic carboxylic acids is 1. The van der Waals surface area contributed by atoms with Gasteiger partial charge in [-0.25, -0.2) is 0 Å². The Morgan fingerprint density at radius 3 is 2.00 bits per heavy atom. The van der Waals surface area contributed by atoms with Crippen LogP contribution in [0.5, 0.6) is 0 Å². The van der Waals surface area contributed by atoms with Crippen molar-refractivity contribution in [3.63, 3.8) is 0 Å². The van der Waals surface area contributed by atoms with E-state index in [4.69, 9.17) is 15.6 Å². The van der Waals surface area contributed by atoms with Crippen LogP contribution in [-0.2, 0) is 4.79 Å². The molecule has 0 aromatic heterocycles. The van der Waals surface area contributed by atoms with Crippen molar-refractivity contribution < 1.29 is 9.90 Å². The molecule has 0 radical (unpaired) electrons. The number of unbranched alkanes of at least 4 members (excludes halogenated alkanes) is 1. The summed E-state index contributed by atoms with van der Waals surface area (Å²) >= 11 is 0. The Bertz CT molecular complexity index is 164. The molecule has 0 aliphatic rings. The SMILES string of the molecule is CCCCC(=O)O.N#CC#N. The quantitative estimate of drug-likeness (QED) is 0.663. The topological polar surface area (TPSA) is 84.9 Å². The standard InChI is InChI=1S/C5H10O2.C2N2/c1-2-3-4-5(6)7;3-1-2-4/h2-4H2,1H3,(H,6,7);. The summed E-state index contributed by atoms with van der Waals surface area (Å²) in [5.41, 5.74) is 0. The smallest absolute Gasteiger partial charge is 0.303 e. The minimum absolute atomic E-state index is 0.316. The molecule has 0 aliphatic carbocycles. The minimum atomic E-state index is -0.693. The summed E-state index contributed by atoms with van der Waals surface area (Å²) in [5, 5.41) is 22.6. The van der Waals surface area contributed by atoms with Crippen molar-refractivity contribution in [3.8, 4) is 12.1 Å². The highest BCUT2D eigenvalue weighted by Gasteiger charge is 1.90. The van der Waals surface area contributed by atoms with Crippen LogP contribution in [0.2, 0.25) is 0 Å². The third-order valence-corrected chi connectivity index (χ3v) is 0.794. The molecule has 0 spiro atoms. The van der Waals surface area contributed by atoms with E-state index in [0.29, 0.717) is 6.42 Å². The molecule has 0 aliphatic heterocycles. The molecule has 0 unspecified atom stereocenters. The van der Waals surface area contributed by atoms with Crippen LogP contribution in [0.1, 0.15) is 26.2 Å². The Labute approximate surface area is 65.7 Å². The average Bonchev–Trinajstić information content (AvgIpc) is 2.01. The maximum atomic E-state index is 9.76. The van der Waals surface area contributed by atoms with Gasteiger partial charge < -0.3 is 5.11 Å². The van der Waals surface area contributed by atoms with Gasteiger partial charge in [-0.2, -0.15) is 10.5 Å². The van der Waals surface area contributed by atoms with E-state index in [1.807, 2.05) is 6.92 Å². The predicted octanol–water partition coefficient (Wildman–Crippen LogP) is 1.29. The number of carbonyl (C=O) groups is 1. The monoisotopic (exact) mass is 154 g/mol. The van der Waals surface area contributed by atoms with Crippen molar-refractivity contribution in [1.82, 2.24) is 0 Å². The second-order valence-electron chi connectivity index (χ2n) is 1.72. The second kappa shape index (κ2) is 11.3. The highest BCUT2D eigenvalue weighted by atomic mass is 16.4. The highest BCUT2D eigenvalue weighted by Crippen LogP contribution is 1.91. The molecule has 0 saturated heterocycles. The molecule has 4 heteroatoms. The molecule has 0 heterocycles. The second-order valence-corrected chi connectivity index (χ2v) is 1.72. The summed E-state index contributed by atoms with van der Waals surface area (Å²) in [6.07, 6.45) is 2.08. The van der Waals surface area contributed by atoms with E-state index in [1.165, 1.54) is 12.1 Å². The van der Waals surface area contributed by atoms with Gasteiger partial charge in [0, 0.05) is 6.42 Å². The van der Waals surface area contributed by atoms with E-state index in [-0.39, 0.29) is 0 Å². The molecule has 0 amide bonds. The maximum absolute atomic E-state index is 9.76. The van der Waals surface area contributed by atoms with Gasteiger partial charge in [-0.1, -0.05) is 13.3 Å². The van der Waals surface area contributed by atoms with E-state index in [9.17, 15) is 4.79 Å². The van der Waals surface area contributed by atoms with Crippen molar-refractivity contribution in [2.75, 3.05) is 0 Å². The number of carboxylic acids is 1. The first-order valence-corrected chi connectivity index (χ1v) is 3.19. The number of nitrogens with zero attached hydrogens (tertiary/aromatic N) is 2. The summed E-state index contributed by atoms with van der Waals surface area (Å²) in [7, 11) is 0. The fourth-order valence-electron chi connectivity index (χ4n) is 0.328. The summed E-state index contributed by atoms with van der Waals surface area (Å²) < 4.78 is 0. The van der Waals surface area contributed by atoms with Crippen molar-refractivity contribution in [2.45, 2.75) is 26.2 Å². The van der Waals surface area contributed by atoms with Gasteiger partial charge in [0.2, 0.25) is 0 Å². The molecular weight excluding hydrogens is 144 g/mol. The molecule has 0 fully saturated rings.